The van der Waals surface area contributed by atoms with E-state index in [0.717, 1.165) is 32.6 Å². The maximum atomic E-state index is 11.7. The zero-order chi connectivity index (χ0) is 9.97. The van der Waals surface area contributed by atoms with E-state index in [1.165, 1.54) is 6.42 Å². The summed E-state index contributed by atoms with van der Waals surface area (Å²) in [4.78, 5) is 13.9. The van der Waals surface area contributed by atoms with Crippen molar-refractivity contribution >= 4 is 5.91 Å². The molecule has 2 heterocycles. The maximum absolute atomic E-state index is 11.7. The molecule has 0 aromatic rings. The standard InChI is InChI=1S/C10H19N3O/c1-13-5-3-8(7-13)10(14)12-6-9-2-4-11-9/h8-9,11H,2-7H2,1H3,(H,12,14). The molecule has 0 spiro atoms. The number of nitrogens with zero attached hydrogens (tertiary/aromatic N) is 1. The molecule has 0 aromatic heterocycles. The van der Waals surface area contributed by atoms with Gasteiger partial charge in [-0.05, 0) is 33.0 Å². The molecule has 0 saturated carbocycles. The Morgan fingerprint density at radius 1 is 1.57 bits per heavy atom. The van der Waals surface area contributed by atoms with Crippen LogP contribution in [0.2, 0.25) is 0 Å². The number of carbonyl (C=O) groups is 1. The Hall–Kier alpha value is -0.610. The minimum absolute atomic E-state index is 0.222. The Morgan fingerprint density at radius 2 is 2.36 bits per heavy atom. The quantitative estimate of drug-likeness (QED) is 0.636. The molecule has 0 bridgehead atoms. The molecule has 0 radical (unpaired) electrons. The second-order valence-electron chi connectivity index (χ2n) is 4.43. The average molecular weight is 197 g/mol. The second-order valence-corrected chi connectivity index (χ2v) is 4.43. The predicted octanol–water partition coefficient (Wildman–Crippen LogP) is -0.584. The van der Waals surface area contributed by atoms with E-state index in [2.05, 4.69) is 22.6 Å². The number of carbonyl (C=O) groups excluding carboxylic acids is 1. The molecule has 2 N–H and O–H groups in total. The van der Waals surface area contributed by atoms with Crippen molar-refractivity contribution < 1.29 is 4.79 Å². The first-order chi connectivity index (χ1) is 6.75. The van der Waals surface area contributed by atoms with Crippen molar-refractivity contribution in [3.8, 4) is 0 Å². The molecule has 80 valence electrons. The molecule has 0 aliphatic carbocycles. The van der Waals surface area contributed by atoms with Gasteiger partial charge in [0.2, 0.25) is 5.91 Å². The number of rotatable bonds is 3. The first-order valence-electron chi connectivity index (χ1n) is 5.45. The molecule has 14 heavy (non-hydrogen) atoms. The summed E-state index contributed by atoms with van der Waals surface area (Å²) in [5.41, 5.74) is 0. The molecule has 4 nitrogen and oxygen atoms in total. The van der Waals surface area contributed by atoms with E-state index in [9.17, 15) is 4.79 Å². The van der Waals surface area contributed by atoms with E-state index < -0.39 is 0 Å². The normalized spacial score (nSPS) is 32.6. The van der Waals surface area contributed by atoms with Crippen molar-refractivity contribution in [2.75, 3.05) is 33.2 Å². The van der Waals surface area contributed by atoms with Crippen LogP contribution in [-0.4, -0.2) is 50.1 Å². The third kappa shape index (κ3) is 2.25. The van der Waals surface area contributed by atoms with Crippen LogP contribution in [-0.2, 0) is 4.79 Å². The third-order valence-corrected chi connectivity index (χ3v) is 3.21. The molecule has 2 fully saturated rings. The first kappa shape index (κ1) is 9.93. The smallest absolute Gasteiger partial charge is 0.224 e. The molecule has 0 aromatic carbocycles. The molecule has 2 saturated heterocycles. The minimum Gasteiger partial charge on any atom is -0.354 e. The number of amides is 1. The minimum atomic E-state index is 0.222. The Kier molecular flexibility index (Phi) is 3.03. The van der Waals surface area contributed by atoms with E-state index in [-0.39, 0.29) is 11.8 Å². The van der Waals surface area contributed by atoms with Crippen molar-refractivity contribution in [1.82, 2.24) is 15.5 Å². The van der Waals surface area contributed by atoms with Gasteiger partial charge in [-0.2, -0.15) is 0 Å². The summed E-state index contributed by atoms with van der Waals surface area (Å²) in [7, 11) is 2.07. The molecule has 2 aliphatic rings. The van der Waals surface area contributed by atoms with Crippen molar-refractivity contribution in [2.45, 2.75) is 18.9 Å². The van der Waals surface area contributed by atoms with E-state index in [0.29, 0.717) is 6.04 Å². The molecule has 2 rings (SSSR count). The van der Waals surface area contributed by atoms with E-state index in [4.69, 9.17) is 0 Å². The molecular weight excluding hydrogens is 178 g/mol. The maximum Gasteiger partial charge on any atom is 0.224 e. The zero-order valence-corrected chi connectivity index (χ0v) is 8.75. The van der Waals surface area contributed by atoms with Crippen LogP contribution in [0.15, 0.2) is 0 Å². The number of likely N-dealkylation sites (tertiary alicyclic amines) is 1. The fraction of sp³-hybridized carbons (Fsp3) is 0.900. The van der Waals surface area contributed by atoms with Crippen LogP contribution >= 0.6 is 0 Å². The molecule has 4 heteroatoms. The van der Waals surface area contributed by atoms with Gasteiger partial charge in [-0.1, -0.05) is 0 Å². The average Bonchev–Trinajstić information content (AvgIpc) is 2.49. The number of hydrogen-bond donors (Lipinski definition) is 2. The van der Waals surface area contributed by atoms with Gasteiger partial charge in [0.25, 0.3) is 0 Å². The van der Waals surface area contributed by atoms with Gasteiger partial charge in [-0.15, -0.1) is 0 Å². The SMILES string of the molecule is CN1CCC(C(=O)NCC2CCN2)C1. The Morgan fingerprint density at radius 3 is 2.86 bits per heavy atom. The topological polar surface area (TPSA) is 44.4 Å². The molecule has 1 amide bonds. The van der Waals surface area contributed by atoms with Crippen LogP contribution in [0.5, 0.6) is 0 Å². The van der Waals surface area contributed by atoms with Crippen LogP contribution in [0, 0.1) is 5.92 Å². The van der Waals surface area contributed by atoms with Crippen molar-refractivity contribution in [2.24, 2.45) is 5.92 Å². The van der Waals surface area contributed by atoms with Gasteiger partial charge in [0.05, 0.1) is 5.92 Å². The van der Waals surface area contributed by atoms with Crippen LogP contribution in [0.3, 0.4) is 0 Å². The summed E-state index contributed by atoms with van der Waals surface area (Å²) in [6.07, 6.45) is 2.21. The van der Waals surface area contributed by atoms with Gasteiger partial charge in [0.15, 0.2) is 0 Å². The lowest BCUT2D eigenvalue weighted by Gasteiger charge is -2.28. The fourth-order valence-corrected chi connectivity index (χ4v) is 2.04. The van der Waals surface area contributed by atoms with Crippen molar-refractivity contribution in [1.29, 1.82) is 0 Å². The highest BCUT2D eigenvalue weighted by atomic mass is 16.1. The fourth-order valence-electron chi connectivity index (χ4n) is 2.04. The summed E-state index contributed by atoms with van der Waals surface area (Å²) in [5, 5.41) is 6.29. The Balaban J connectivity index is 1.67. The highest BCUT2D eigenvalue weighted by Gasteiger charge is 2.26. The summed E-state index contributed by atoms with van der Waals surface area (Å²) in [5.74, 6) is 0.461. The Bertz CT molecular complexity index is 215. The lowest BCUT2D eigenvalue weighted by atomic mass is 10.1. The number of nitrogens with one attached hydrogen (secondary N) is 2. The van der Waals surface area contributed by atoms with Gasteiger partial charge in [0.1, 0.15) is 0 Å². The van der Waals surface area contributed by atoms with Crippen molar-refractivity contribution in [3.05, 3.63) is 0 Å². The summed E-state index contributed by atoms with van der Waals surface area (Å²) >= 11 is 0. The van der Waals surface area contributed by atoms with Gasteiger partial charge < -0.3 is 15.5 Å². The lowest BCUT2D eigenvalue weighted by molar-refractivity contribution is -0.124. The summed E-state index contributed by atoms with van der Waals surface area (Å²) < 4.78 is 0. The zero-order valence-electron chi connectivity index (χ0n) is 8.75. The highest BCUT2D eigenvalue weighted by molar-refractivity contribution is 5.79. The van der Waals surface area contributed by atoms with Crippen LogP contribution in [0.4, 0.5) is 0 Å². The van der Waals surface area contributed by atoms with Gasteiger partial charge in [0, 0.05) is 19.1 Å². The van der Waals surface area contributed by atoms with Crippen LogP contribution < -0.4 is 10.6 Å². The van der Waals surface area contributed by atoms with Crippen molar-refractivity contribution in [3.63, 3.8) is 0 Å². The first-order valence-corrected chi connectivity index (χ1v) is 5.45. The van der Waals surface area contributed by atoms with Gasteiger partial charge >= 0.3 is 0 Å². The summed E-state index contributed by atoms with van der Waals surface area (Å²) in [6, 6.07) is 0.526. The van der Waals surface area contributed by atoms with Crippen LogP contribution in [0.1, 0.15) is 12.8 Å². The predicted molar refractivity (Wildman–Crippen MR) is 55.0 cm³/mol. The third-order valence-electron chi connectivity index (χ3n) is 3.21. The second kappa shape index (κ2) is 4.28. The Labute approximate surface area is 85.0 Å². The lowest BCUT2D eigenvalue weighted by Crippen LogP contribution is -2.51. The molecule has 2 unspecified atom stereocenters. The molecule has 2 aliphatic heterocycles. The van der Waals surface area contributed by atoms with Gasteiger partial charge in [-0.3, -0.25) is 4.79 Å². The van der Waals surface area contributed by atoms with Gasteiger partial charge in [-0.25, -0.2) is 0 Å². The molecular formula is C10H19N3O. The summed E-state index contributed by atoms with van der Waals surface area (Å²) in [6.45, 7) is 3.88. The van der Waals surface area contributed by atoms with E-state index in [1.54, 1.807) is 0 Å². The molecule has 2 atom stereocenters. The van der Waals surface area contributed by atoms with E-state index >= 15 is 0 Å². The highest BCUT2D eigenvalue weighted by Crippen LogP contribution is 2.14. The monoisotopic (exact) mass is 197 g/mol. The largest absolute Gasteiger partial charge is 0.354 e. The van der Waals surface area contributed by atoms with E-state index in [1.807, 2.05) is 0 Å². The van der Waals surface area contributed by atoms with Crippen LogP contribution in [0.25, 0.3) is 0 Å². The number of hydrogen-bond acceptors (Lipinski definition) is 3.